The maximum Gasteiger partial charge on any atom is 0.339 e. The number of esters is 2. The van der Waals surface area contributed by atoms with Crippen molar-refractivity contribution in [3.63, 3.8) is 0 Å². The molecule has 0 unspecified atom stereocenters. The van der Waals surface area contributed by atoms with Crippen molar-refractivity contribution >= 4 is 17.8 Å². The van der Waals surface area contributed by atoms with E-state index in [9.17, 15) is 14.4 Å². The molecule has 1 amide bonds. The molecule has 0 aromatic heterocycles. The van der Waals surface area contributed by atoms with Crippen LogP contribution in [0.15, 0.2) is 22.8 Å². The van der Waals surface area contributed by atoms with Crippen LogP contribution in [0.5, 0.6) is 0 Å². The van der Waals surface area contributed by atoms with Crippen LogP contribution in [-0.4, -0.2) is 37.1 Å². The molecule has 0 heterocycles. The second-order valence-electron chi connectivity index (χ2n) is 5.12. The van der Waals surface area contributed by atoms with Gasteiger partial charge in [0.1, 0.15) is 0 Å². The number of ether oxygens (including phenoxy) is 2. The van der Waals surface area contributed by atoms with Crippen LogP contribution < -0.4 is 5.32 Å². The van der Waals surface area contributed by atoms with Crippen LogP contribution in [0.2, 0.25) is 0 Å². The normalized spacial score (nSPS) is 21.0. The number of carbonyl (C=O) groups excluding carboxylic acids is 3. The highest BCUT2D eigenvalue weighted by Crippen LogP contribution is 2.31. The molecule has 0 saturated heterocycles. The third kappa shape index (κ3) is 3.96. The molecule has 0 spiro atoms. The number of amides is 1. The average molecular weight is 309 g/mol. The number of carbonyl (C=O) groups is 3. The Labute approximate surface area is 130 Å². The minimum atomic E-state index is -0.611. The molecule has 122 valence electrons. The lowest BCUT2D eigenvalue weighted by atomic mass is 9.81. The Kier molecular flexibility index (Phi) is 6.34. The molecule has 1 aliphatic rings. The molecule has 0 bridgehead atoms. The van der Waals surface area contributed by atoms with Crippen molar-refractivity contribution < 1.29 is 23.9 Å². The van der Waals surface area contributed by atoms with Crippen molar-refractivity contribution in [1.29, 1.82) is 0 Å². The van der Waals surface area contributed by atoms with E-state index in [1.54, 1.807) is 20.8 Å². The zero-order valence-electron chi connectivity index (χ0n) is 13.7. The van der Waals surface area contributed by atoms with Gasteiger partial charge in [-0.05, 0) is 32.3 Å². The Morgan fingerprint density at radius 2 is 1.68 bits per heavy atom. The van der Waals surface area contributed by atoms with Crippen LogP contribution >= 0.6 is 0 Å². The predicted molar refractivity (Wildman–Crippen MR) is 80.8 cm³/mol. The first-order valence-corrected chi connectivity index (χ1v) is 7.37. The Morgan fingerprint density at radius 3 is 2.18 bits per heavy atom. The van der Waals surface area contributed by atoms with Crippen molar-refractivity contribution in [1.82, 2.24) is 5.32 Å². The fourth-order valence-electron chi connectivity index (χ4n) is 2.54. The minimum Gasteiger partial charge on any atom is -0.463 e. The number of hydrogen-bond acceptors (Lipinski definition) is 5. The van der Waals surface area contributed by atoms with Gasteiger partial charge >= 0.3 is 11.9 Å². The van der Waals surface area contributed by atoms with Crippen molar-refractivity contribution in [3.8, 4) is 0 Å². The van der Waals surface area contributed by atoms with Crippen molar-refractivity contribution in [2.75, 3.05) is 13.2 Å². The van der Waals surface area contributed by atoms with Gasteiger partial charge in [0, 0.05) is 6.92 Å². The molecule has 2 atom stereocenters. The highest BCUT2D eigenvalue weighted by molar-refractivity contribution is 6.05. The molecular weight excluding hydrogens is 286 g/mol. The second-order valence-corrected chi connectivity index (χ2v) is 5.12. The summed E-state index contributed by atoms with van der Waals surface area (Å²) in [5, 5.41) is 2.72. The SMILES string of the molecule is CCOC(=O)C1=C(C(=O)OCC)[C@H](NC(C)=O)[C@H](C)C=C1C. The van der Waals surface area contributed by atoms with E-state index in [0.29, 0.717) is 5.57 Å². The Balaban J connectivity index is 3.41. The lowest BCUT2D eigenvalue weighted by Gasteiger charge is -2.30. The van der Waals surface area contributed by atoms with E-state index in [2.05, 4.69) is 5.32 Å². The molecule has 1 aliphatic carbocycles. The highest BCUT2D eigenvalue weighted by atomic mass is 16.5. The van der Waals surface area contributed by atoms with Gasteiger partial charge in [0.25, 0.3) is 0 Å². The molecule has 1 N–H and O–H groups in total. The Morgan fingerprint density at radius 1 is 1.14 bits per heavy atom. The average Bonchev–Trinajstić information content (AvgIpc) is 2.41. The van der Waals surface area contributed by atoms with Gasteiger partial charge in [-0.3, -0.25) is 4.79 Å². The van der Waals surface area contributed by atoms with E-state index in [1.807, 2.05) is 13.0 Å². The molecule has 1 rings (SSSR count). The zero-order valence-corrected chi connectivity index (χ0v) is 13.7. The molecule has 6 heteroatoms. The Bertz CT molecular complexity index is 533. The molecule has 0 aliphatic heterocycles. The third-order valence-corrected chi connectivity index (χ3v) is 3.35. The van der Waals surface area contributed by atoms with E-state index in [1.165, 1.54) is 6.92 Å². The summed E-state index contributed by atoms with van der Waals surface area (Å²) in [7, 11) is 0. The third-order valence-electron chi connectivity index (χ3n) is 3.35. The summed E-state index contributed by atoms with van der Waals surface area (Å²) in [5.74, 6) is -1.61. The van der Waals surface area contributed by atoms with Crippen LogP contribution in [0.4, 0.5) is 0 Å². The zero-order chi connectivity index (χ0) is 16.9. The van der Waals surface area contributed by atoms with E-state index in [4.69, 9.17) is 9.47 Å². The van der Waals surface area contributed by atoms with E-state index in [0.717, 1.165) is 0 Å². The van der Waals surface area contributed by atoms with Gasteiger partial charge in [-0.15, -0.1) is 0 Å². The summed E-state index contributed by atoms with van der Waals surface area (Å²) in [6.45, 7) is 8.74. The summed E-state index contributed by atoms with van der Waals surface area (Å²) >= 11 is 0. The maximum atomic E-state index is 12.3. The lowest BCUT2D eigenvalue weighted by Crippen LogP contribution is -2.44. The largest absolute Gasteiger partial charge is 0.463 e. The van der Waals surface area contributed by atoms with Gasteiger partial charge in [0.05, 0.1) is 30.4 Å². The fourth-order valence-corrected chi connectivity index (χ4v) is 2.54. The van der Waals surface area contributed by atoms with E-state index < -0.39 is 18.0 Å². The van der Waals surface area contributed by atoms with Gasteiger partial charge in [-0.25, -0.2) is 9.59 Å². The first-order valence-electron chi connectivity index (χ1n) is 7.37. The summed E-state index contributed by atoms with van der Waals surface area (Å²) in [4.78, 5) is 36.0. The van der Waals surface area contributed by atoms with Crippen LogP contribution in [-0.2, 0) is 23.9 Å². The summed E-state index contributed by atoms with van der Waals surface area (Å²) in [5.41, 5.74) is 0.982. The van der Waals surface area contributed by atoms with Crippen molar-refractivity contribution in [2.24, 2.45) is 5.92 Å². The monoisotopic (exact) mass is 309 g/mol. The number of hydrogen-bond donors (Lipinski definition) is 1. The van der Waals surface area contributed by atoms with Gasteiger partial charge in [0.2, 0.25) is 5.91 Å². The smallest absolute Gasteiger partial charge is 0.339 e. The summed E-state index contributed by atoms with van der Waals surface area (Å²) in [6, 6.07) is -0.611. The highest BCUT2D eigenvalue weighted by Gasteiger charge is 2.37. The quantitative estimate of drug-likeness (QED) is 0.779. The minimum absolute atomic E-state index is 0.138. The number of nitrogens with one attached hydrogen (secondary N) is 1. The van der Waals surface area contributed by atoms with E-state index in [-0.39, 0.29) is 36.2 Å². The molecule has 0 aromatic rings. The molecule has 0 radical (unpaired) electrons. The second kappa shape index (κ2) is 7.77. The maximum absolute atomic E-state index is 12.3. The Hall–Kier alpha value is -2.11. The molecule has 0 saturated carbocycles. The molecule has 0 aromatic carbocycles. The summed E-state index contributed by atoms with van der Waals surface area (Å²) in [6.07, 6.45) is 1.84. The van der Waals surface area contributed by atoms with Crippen LogP contribution in [0.25, 0.3) is 0 Å². The summed E-state index contributed by atoms with van der Waals surface area (Å²) < 4.78 is 10.1. The van der Waals surface area contributed by atoms with Crippen molar-refractivity contribution in [3.05, 3.63) is 22.8 Å². The van der Waals surface area contributed by atoms with Crippen molar-refractivity contribution in [2.45, 2.75) is 40.7 Å². The van der Waals surface area contributed by atoms with Gasteiger partial charge in [0.15, 0.2) is 0 Å². The lowest BCUT2D eigenvalue weighted by molar-refractivity contribution is -0.142. The number of rotatable bonds is 5. The van der Waals surface area contributed by atoms with Crippen LogP contribution in [0.1, 0.15) is 34.6 Å². The standard InChI is InChI=1S/C16H23NO5/c1-6-21-15(19)12-9(3)8-10(4)14(17-11(5)18)13(12)16(20)22-7-2/h8,10,14H,6-7H2,1-5H3,(H,17,18)/t10-,14-/m1/s1. The van der Waals surface area contributed by atoms with Gasteiger partial charge < -0.3 is 14.8 Å². The van der Waals surface area contributed by atoms with Gasteiger partial charge in [-0.1, -0.05) is 13.0 Å². The molecule has 22 heavy (non-hydrogen) atoms. The van der Waals surface area contributed by atoms with Crippen LogP contribution in [0, 0.1) is 5.92 Å². The van der Waals surface area contributed by atoms with E-state index >= 15 is 0 Å². The van der Waals surface area contributed by atoms with Gasteiger partial charge in [-0.2, -0.15) is 0 Å². The molecule has 0 fully saturated rings. The topological polar surface area (TPSA) is 81.7 Å². The predicted octanol–water partition coefficient (Wildman–Crippen LogP) is 1.51. The van der Waals surface area contributed by atoms with Crippen LogP contribution in [0.3, 0.4) is 0 Å². The molecule has 6 nitrogen and oxygen atoms in total. The fraction of sp³-hybridized carbons (Fsp3) is 0.562. The first-order chi connectivity index (χ1) is 10.3. The molecular formula is C16H23NO5. The first kappa shape index (κ1) is 17.9.